The predicted molar refractivity (Wildman–Crippen MR) is 207 cm³/mol. The van der Waals surface area contributed by atoms with E-state index in [1.165, 1.54) is 32.1 Å². The molecule has 5 fully saturated rings. The number of carboxylic acid groups (broad SMARTS) is 1. The molecule has 3 heterocycles. The Balaban J connectivity index is 1.17. The van der Waals surface area contributed by atoms with Gasteiger partial charge in [0.25, 0.3) is 0 Å². The molecule has 0 bridgehead atoms. The molecule has 13 atom stereocenters. The van der Waals surface area contributed by atoms with E-state index in [1.807, 2.05) is 6.08 Å². The summed E-state index contributed by atoms with van der Waals surface area (Å²) in [5.74, 6) is -2.57. The van der Waals surface area contributed by atoms with Crippen LogP contribution in [0.25, 0.3) is 0 Å². The second-order valence-electron chi connectivity index (χ2n) is 17.7. The van der Waals surface area contributed by atoms with Crippen molar-refractivity contribution in [2.24, 2.45) is 46.2 Å². The first-order valence-corrected chi connectivity index (χ1v) is 21.1. The molecule has 0 spiro atoms. The van der Waals surface area contributed by atoms with Crippen LogP contribution >= 0.6 is 0 Å². The van der Waals surface area contributed by atoms with Crippen molar-refractivity contribution in [2.75, 3.05) is 13.1 Å². The number of aliphatic imine (C=N–C) groups is 1. The highest BCUT2D eigenvalue weighted by Gasteiger charge is 2.67. The Morgan fingerprint density at radius 2 is 1.79 bits per heavy atom. The van der Waals surface area contributed by atoms with Crippen molar-refractivity contribution in [3.05, 3.63) is 30.3 Å². The molecule has 0 aromatic heterocycles. The topological polar surface area (TPSA) is 251 Å². The maximum absolute atomic E-state index is 12.7. The zero-order valence-corrected chi connectivity index (χ0v) is 33.0. The third-order valence-electron chi connectivity index (χ3n) is 14.0. The molecule has 6 aliphatic rings. The Bertz CT molecular complexity index is 1480. The SMILES string of the molecule is CC(CC=CC1CCCCC1)C(CNCC1(O)C(OC2CCC3C(C2)OC(C(N)=O)C(C2CCC(O)CC2)C3O)OC(C(=O)O)C(O)C1(O)C=O)CC1=C[CH+]N=C1. The van der Waals surface area contributed by atoms with Crippen molar-refractivity contribution in [3.8, 4) is 0 Å². The molecule has 9 N–H and O–H groups in total. The third-order valence-corrected chi connectivity index (χ3v) is 14.0. The van der Waals surface area contributed by atoms with Crippen molar-refractivity contribution in [2.45, 2.75) is 157 Å². The first-order chi connectivity index (χ1) is 27.3. The van der Waals surface area contributed by atoms with Crippen molar-refractivity contribution in [1.29, 1.82) is 0 Å². The lowest BCUT2D eigenvalue weighted by atomic mass is 9.66. The van der Waals surface area contributed by atoms with Gasteiger partial charge >= 0.3 is 5.97 Å². The fourth-order valence-electron chi connectivity index (χ4n) is 10.4. The lowest BCUT2D eigenvalue weighted by Gasteiger charge is -2.54. The van der Waals surface area contributed by atoms with E-state index in [0.29, 0.717) is 57.4 Å². The largest absolute Gasteiger partial charge is 0.479 e. The Labute approximate surface area is 335 Å². The fraction of sp³-hybridized carbons (Fsp3) is 0.786. The van der Waals surface area contributed by atoms with Gasteiger partial charge in [-0.15, -0.1) is 4.99 Å². The number of carbonyl (C=O) groups excluding carboxylic acids is 2. The number of amides is 1. The van der Waals surface area contributed by atoms with Gasteiger partial charge in [-0.2, -0.15) is 0 Å². The smallest absolute Gasteiger partial charge is 0.335 e. The molecular weight excluding hydrogens is 738 g/mol. The third kappa shape index (κ3) is 9.68. The van der Waals surface area contributed by atoms with Gasteiger partial charge in [-0.3, -0.25) is 9.59 Å². The number of hydrogen-bond acceptors (Lipinski definition) is 13. The van der Waals surface area contributed by atoms with Crippen LogP contribution in [0.2, 0.25) is 0 Å². The van der Waals surface area contributed by atoms with Gasteiger partial charge in [0, 0.05) is 31.2 Å². The number of fused-ring (bicyclic) bond motifs is 1. The van der Waals surface area contributed by atoms with Crippen molar-refractivity contribution >= 4 is 24.4 Å². The number of carbonyl (C=O) groups is 3. The molecule has 6 rings (SSSR count). The van der Waals surface area contributed by atoms with Gasteiger partial charge in [-0.25, -0.2) is 4.79 Å². The monoisotopic (exact) mass is 802 g/mol. The summed E-state index contributed by atoms with van der Waals surface area (Å²) < 4.78 is 18.3. The number of aliphatic hydroxyl groups excluding tert-OH is 3. The van der Waals surface area contributed by atoms with Crippen LogP contribution in [0, 0.1) is 42.1 Å². The number of carboxylic acids is 1. The lowest BCUT2D eigenvalue weighted by Crippen LogP contribution is -2.79. The molecule has 1 amide bonds. The average molecular weight is 803 g/mol. The molecule has 15 nitrogen and oxygen atoms in total. The summed E-state index contributed by atoms with van der Waals surface area (Å²) in [5.41, 5.74) is 1.17. The van der Waals surface area contributed by atoms with E-state index in [4.69, 9.17) is 19.9 Å². The number of aldehydes is 1. The van der Waals surface area contributed by atoms with Crippen LogP contribution in [0.1, 0.15) is 96.8 Å². The number of primary amides is 1. The van der Waals surface area contributed by atoms with E-state index in [9.17, 15) is 45.0 Å². The van der Waals surface area contributed by atoms with E-state index in [0.717, 1.165) is 12.0 Å². The molecule has 0 aromatic carbocycles. The van der Waals surface area contributed by atoms with Crippen molar-refractivity contribution < 1.29 is 59.2 Å². The molecule has 13 unspecified atom stereocenters. The highest BCUT2D eigenvalue weighted by Crippen LogP contribution is 2.47. The second kappa shape index (κ2) is 19.1. The summed E-state index contributed by atoms with van der Waals surface area (Å²) in [6.45, 7) is 3.68. The molecule has 3 aliphatic carbocycles. The summed E-state index contributed by atoms with van der Waals surface area (Å²) in [5, 5.41) is 69.9. The fourth-order valence-corrected chi connectivity index (χ4v) is 10.4. The van der Waals surface area contributed by atoms with E-state index in [-0.39, 0.29) is 36.4 Å². The van der Waals surface area contributed by atoms with Gasteiger partial charge in [0.1, 0.15) is 24.3 Å². The van der Waals surface area contributed by atoms with Gasteiger partial charge in [0.05, 0.1) is 30.5 Å². The van der Waals surface area contributed by atoms with E-state index >= 15 is 0 Å². The predicted octanol–water partition coefficient (Wildman–Crippen LogP) is 1.72. The number of ether oxygens (including phenoxy) is 3. The summed E-state index contributed by atoms with van der Waals surface area (Å²) >= 11 is 0. The molecule has 0 aromatic rings. The van der Waals surface area contributed by atoms with Gasteiger partial charge < -0.3 is 55.9 Å². The summed E-state index contributed by atoms with van der Waals surface area (Å²) in [4.78, 5) is 41.8. The minimum absolute atomic E-state index is 0.0181. The zero-order chi connectivity index (χ0) is 40.9. The van der Waals surface area contributed by atoms with Crippen LogP contribution in [0.4, 0.5) is 0 Å². The van der Waals surface area contributed by atoms with Gasteiger partial charge in [-0.1, -0.05) is 38.3 Å². The molecule has 318 valence electrons. The molecule has 3 saturated carbocycles. The van der Waals surface area contributed by atoms with Gasteiger partial charge in [0.2, 0.25) is 5.91 Å². The number of aliphatic hydroxyl groups is 5. The Hall–Kier alpha value is -2.73. The Morgan fingerprint density at radius 1 is 1.05 bits per heavy atom. The van der Waals surface area contributed by atoms with Gasteiger partial charge in [-0.05, 0) is 88.0 Å². The molecule has 57 heavy (non-hydrogen) atoms. The second-order valence-corrected chi connectivity index (χ2v) is 17.7. The standard InChI is InChI=1S/C42H63N3O12/c1-24(6-5-9-25-7-3-2-4-8-25)28(18-26-16-17-44-20-26)21-45-22-41(53)40(57-36(39(51)52)37(49)42(41,54)23-46)55-30-14-15-31-32(19-30)56-35(38(43)50)33(34(31)48)27-10-12-29(47)13-11-27/h5,9,16-17,20,23-25,27-37,40,45,47-49,53-54H,2-4,6-8,10-15,18-19,21-22H2,1H3,(H2-,43,50,51,52)/p+1. The van der Waals surface area contributed by atoms with Crippen LogP contribution in [0.15, 0.2) is 28.8 Å². The average Bonchev–Trinajstić information content (AvgIpc) is 3.71. The molecule has 15 heteroatoms. The number of rotatable bonds is 16. The number of nitrogens with zero attached hydrogens (tertiary/aromatic N) is 1. The van der Waals surface area contributed by atoms with Crippen molar-refractivity contribution in [1.82, 2.24) is 5.32 Å². The number of hydrogen-bond donors (Lipinski definition) is 8. The quantitative estimate of drug-likeness (QED) is 0.0630. The van der Waals surface area contributed by atoms with Crippen molar-refractivity contribution in [3.63, 3.8) is 0 Å². The maximum Gasteiger partial charge on any atom is 0.335 e. The number of nitrogens with one attached hydrogen (secondary N) is 1. The highest BCUT2D eigenvalue weighted by atomic mass is 16.7. The lowest BCUT2D eigenvalue weighted by molar-refractivity contribution is -0.363. The van der Waals surface area contributed by atoms with Crippen LogP contribution in [-0.4, -0.2) is 128 Å². The summed E-state index contributed by atoms with van der Waals surface area (Å²) in [6.07, 6.45) is 8.81. The minimum atomic E-state index is -3.02. The maximum atomic E-state index is 12.7. The van der Waals surface area contributed by atoms with Gasteiger partial charge in [0.15, 0.2) is 36.1 Å². The van der Waals surface area contributed by atoms with E-state index in [1.54, 1.807) is 12.8 Å². The zero-order valence-electron chi connectivity index (χ0n) is 33.0. The molecule has 0 radical (unpaired) electrons. The number of allylic oxidation sites excluding steroid dienone is 3. The highest BCUT2D eigenvalue weighted by molar-refractivity contribution is 5.82. The van der Waals surface area contributed by atoms with Crippen LogP contribution in [0.5, 0.6) is 0 Å². The number of aliphatic carboxylic acids is 1. The minimum Gasteiger partial charge on any atom is -0.479 e. The summed E-state index contributed by atoms with van der Waals surface area (Å²) in [7, 11) is 0. The first-order valence-electron chi connectivity index (χ1n) is 21.1. The molecule has 2 saturated heterocycles. The van der Waals surface area contributed by atoms with Crippen LogP contribution in [0.3, 0.4) is 0 Å². The van der Waals surface area contributed by atoms with Crippen LogP contribution in [-0.2, 0) is 28.6 Å². The normalized spacial score (nSPS) is 41.2. The van der Waals surface area contributed by atoms with Crippen LogP contribution < -0.4 is 11.1 Å². The van der Waals surface area contributed by atoms with E-state index < -0.39 is 84.6 Å². The molecular formula is C42H64N3O12+. The first kappa shape index (κ1) is 43.8. The Kier molecular flexibility index (Phi) is 14.7. The van der Waals surface area contributed by atoms with E-state index in [2.05, 4.69) is 29.4 Å². The Morgan fingerprint density at radius 3 is 2.44 bits per heavy atom. The molecule has 3 aliphatic heterocycles. The summed E-state index contributed by atoms with van der Waals surface area (Å²) in [6, 6.07) is 0. The number of nitrogens with two attached hydrogens (primary N) is 1.